The molecule has 0 radical (unpaired) electrons. The van der Waals surface area contributed by atoms with Gasteiger partial charge < -0.3 is 15.0 Å². The van der Waals surface area contributed by atoms with Crippen LogP contribution in [0.3, 0.4) is 0 Å². The quantitative estimate of drug-likeness (QED) is 0.396. The molecule has 196 valence electrons. The Balaban J connectivity index is 1.55. The van der Waals surface area contributed by atoms with E-state index in [1.165, 1.54) is 43.8 Å². The van der Waals surface area contributed by atoms with Crippen molar-refractivity contribution in [3.05, 3.63) is 82.9 Å². The predicted octanol–water partition coefficient (Wildman–Crippen LogP) is 5.33. The number of ether oxygens (including phenoxy) is 1. The molecule has 1 saturated heterocycles. The van der Waals surface area contributed by atoms with Crippen LogP contribution in [0.1, 0.15) is 36.9 Å². The molecule has 0 saturated carbocycles. The number of hydrogen-bond acceptors (Lipinski definition) is 5. The molecule has 1 unspecified atom stereocenters. The van der Waals surface area contributed by atoms with Crippen LogP contribution >= 0.6 is 11.6 Å². The highest BCUT2D eigenvalue weighted by atomic mass is 35.5. The average molecular weight is 542 g/mol. The Hall–Kier alpha value is -3.23. The Morgan fingerprint density at radius 3 is 2.30 bits per heavy atom. The van der Waals surface area contributed by atoms with E-state index in [1.54, 1.807) is 24.3 Å². The third kappa shape index (κ3) is 6.19. The number of carbonyl (C=O) groups is 1. The van der Waals surface area contributed by atoms with E-state index in [0.29, 0.717) is 5.75 Å². The van der Waals surface area contributed by atoms with Crippen LogP contribution in [0.5, 0.6) is 5.75 Å². The highest BCUT2D eigenvalue weighted by Gasteiger charge is 2.28. The standard InChI is InChI=1S/C28H32ClN3O4S/c1-20-6-13-25(14-7-20)37(34,35)32(24-12-15-27(36-3)26(29)18-24)19-28(33)30-21(2)22-8-10-23(11-9-22)31-16-4-5-17-31/h6-15,18,21H,4-5,16-17,19H2,1-3H3,(H,30,33). The first kappa shape index (κ1) is 26.8. The molecule has 1 N–H and O–H groups in total. The molecule has 1 aliphatic rings. The Morgan fingerprint density at radius 1 is 1.05 bits per heavy atom. The number of carbonyl (C=O) groups excluding carboxylic acids is 1. The van der Waals surface area contributed by atoms with Crippen LogP contribution < -0.4 is 19.3 Å². The molecule has 3 aromatic carbocycles. The fraction of sp³-hybridized carbons (Fsp3) is 0.321. The molecule has 37 heavy (non-hydrogen) atoms. The minimum Gasteiger partial charge on any atom is -0.495 e. The normalized spacial score (nSPS) is 14.3. The number of hydrogen-bond donors (Lipinski definition) is 1. The molecule has 1 amide bonds. The number of benzene rings is 3. The van der Waals surface area contributed by atoms with Gasteiger partial charge in [0.15, 0.2) is 0 Å². The highest BCUT2D eigenvalue weighted by molar-refractivity contribution is 7.92. The van der Waals surface area contributed by atoms with Crippen LogP contribution in [0, 0.1) is 6.92 Å². The average Bonchev–Trinajstić information content (AvgIpc) is 3.42. The van der Waals surface area contributed by atoms with Crippen molar-refractivity contribution in [1.82, 2.24) is 5.32 Å². The van der Waals surface area contributed by atoms with Crippen molar-refractivity contribution in [3.63, 3.8) is 0 Å². The topological polar surface area (TPSA) is 79.0 Å². The number of anilines is 2. The second-order valence-corrected chi connectivity index (χ2v) is 11.5. The van der Waals surface area contributed by atoms with E-state index in [2.05, 4.69) is 22.3 Å². The van der Waals surface area contributed by atoms with Crippen molar-refractivity contribution in [2.45, 2.75) is 37.6 Å². The first-order valence-electron chi connectivity index (χ1n) is 12.3. The monoisotopic (exact) mass is 541 g/mol. The number of methoxy groups -OCH3 is 1. The lowest BCUT2D eigenvalue weighted by Gasteiger charge is -2.26. The predicted molar refractivity (Wildman–Crippen MR) is 148 cm³/mol. The molecule has 1 atom stereocenters. The summed E-state index contributed by atoms with van der Waals surface area (Å²) in [4.78, 5) is 15.6. The van der Waals surface area contributed by atoms with Crippen LogP contribution in [-0.2, 0) is 14.8 Å². The SMILES string of the molecule is COc1ccc(N(CC(=O)NC(C)c2ccc(N3CCCC3)cc2)S(=O)(=O)c2ccc(C)cc2)cc1Cl. The molecule has 1 heterocycles. The number of sulfonamides is 1. The van der Waals surface area contributed by atoms with Crippen molar-refractivity contribution in [2.24, 2.45) is 0 Å². The molecule has 1 aliphatic heterocycles. The Kier molecular flexibility index (Phi) is 8.29. The Bertz CT molecular complexity index is 1340. The number of halogens is 1. The molecule has 0 aliphatic carbocycles. The van der Waals surface area contributed by atoms with Gasteiger partial charge in [0, 0.05) is 18.8 Å². The fourth-order valence-electron chi connectivity index (χ4n) is 4.41. The van der Waals surface area contributed by atoms with Crippen LogP contribution in [-0.4, -0.2) is 41.1 Å². The lowest BCUT2D eigenvalue weighted by Crippen LogP contribution is -2.41. The summed E-state index contributed by atoms with van der Waals surface area (Å²) in [7, 11) is -2.57. The third-order valence-corrected chi connectivity index (χ3v) is 8.64. The van der Waals surface area contributed by atoms with E-state index in [4.69, 9.17) is 16.3 Å². The third-order valence-electron chi connectivity index (χ3n) is 6.56. The summed E-state index contributed by atoms with van der Waals surface area (Å²) < 4.78 is 33.5. The van der Waals surface area contributed by atoms with Crippen LogP contribution in [0.25, 0.3) is 0 Å². The van der Waals surface area contributed by atoms with E-state index in [0.717, 1.165) is 28.5 Å². The minimum absolute atomic E-state index is 0.0865. The summed E-state index contributed by atoms with van der Waals surface area (Å²) in [5, 5.41) is 3.19. The van der Waals surface area contributed by atoms with Crippen molar-refractivity contribution in [3.8, 4) is 5.75 Å². The summed E-state index contributed by atoms with van der Waals surface area (Å²) in [6, 6.07) is 19.0. The summed E-state index contributed by atoms with van der Waals surface area (Å²) in [5.74, 6) is -0.0210. The lowest BCUT2D eigenvalue weighted by atomic mass is 10.1. The molecule has 0 aromatic heterocycles. The number of aryl methyl sites for hydroxylation is 1. The lowest BCUT2D eigenvalue weighted by molar-refractivity contribution is -0.120. The first-order chi connectivity index (χ1) is 17.7. The zero-order valence-corrected chi connectivity index (χ0v) is 22.8. The number of nitrogens with zero attached hydrogens (tertiary/aromatic N) is 2. The maximum Gasteiger partial charge on any atom is 0.264 e. The summed E-state index contributed by atoms with van der Waals surface area (Å²) in [6.45, 7) is 5.48. The van der Waals surface area contributed by atoms with E-state index in [1.807, 2.05) is 26.0 Å². The Morgan fingerprint density at radius 2 is 1.70 bits per heavy atom. The molecular formula is C28H32ClN3O4S. The van der Waals surface area contributed by atoms with E-state index in [-0.39, 0.29) is 21.6 Å². The van der Waals surface area contributed by atoms with Gasteiger partial charge >= 0.3 is 0 Å². The van der Waals surface area contributed by atoms with Gasteiger partial charge in [0.1, 0.15) is 12.3 Å². The minimum atomic E-state index is -4.05. The summed E-state index contributed by atoms with van der Waals surface area (Å²) in [5.41, 5.74) is 3.31. The molecule has 3 aromatic rings. The highest BCUT2D eigenvalue weighted by Crippen LogP contribution is 2.32. The van der Waals surface area contributed by atoms with Gasteiger partial charge in [0.25, 0.3) is 10.0 Å². The molecular weight excluding hydrogens is 510 g/mol. The molecule has 4 rings (SSSR count). The fourth-order valence-corrected chi connectivity index (χ4v) is 6.08. The largest absolute Gasteiger partial charge is 0.495 e. The van der Waals surface area contributed by atoms with Crippen molar-refractivity contribution in [2.75, 3.05) is 35.9 Å². The van der Waals surface area contributed by atoms with E-state index in [9.17, 15) is 13.2 Å². The number of amides is 1. The van der Waals surface area contributed by atoms with Gasteiger partial charge in [-0.15, -0.1) is 0 Å². The number of nitrogens with one attached hydrogen (secondary N) is 1. The van der Waals surface area contributed by atoms with E-state index >= 15 is 0 Å². The second-order valence-electron chi connectivity index (χ2n) is 9.22. The molecule has 9 heteroatoms. The molecule has 0 spiro atoms. The molecule has 7 nitrogen and oxygen atoms in total. The van der Waals surface area contributed by atoms with Crippen LogP contribution in [0.15, 0.2) is 71.6 Å². The maximum atomic E-state index is 13.6. The van der Waals surface area contributed by atoms with Crippen LogP contribution in [0.4, 0.5) is 11.4 Å². The summed E-state index contributed by atoms with van der Waals surface area (Å²) >= 11 is 6.30. The van der Waals surface area contributed by atoms with Gasteiger partial charge in [-0.2, -0.15) is 0 Å². The zero-order chi connectivity index (χ0) is 26.6. The smallest absolute Gasteiger partial charge is 0.264 e. The van der Waals surface area contributed by atoms with Gasteiger partial charge in [-0.25, -0.2) is 8.42 Å². The maximum absolute atomic E-state index is 13.6. The van der Waals surface area contributed by atoms with Gasteiger partial charge in [-0.3, -0.25) is 9.10 Å². The van der Waals surface area contributed by atoms with Crippen molar-refractivity contribution in [1.29, 1.82) is 0 Å². The van der Waals surface area contributed by atoms with Crippen molar-refractivity contribution < 1.29 is 17.9 Å². The van der Waals surface area contributed by atoms with Gasteiger partial charge in [0.2, 0.25) is 5.91 Å². The summed E-state index contributed by atoms with van der Waals surface area (Å²) in [6.07, 6.45) is 2.41. The number of rotatable bonds is 9. The first-order valence-corrected chi connectivity index (χ1v) is 14.1. The zero-order valence-electron chi connectivity index (χ0n) is 21.3. The second kappa shape index (κ2) is 11.4. The molecule has 1 fully saturated rings. The van der Waals surface area contributed by atoms with Crippen LogP contribution in [0.2, 0.25) is 5.02 Å². The van der Waals surface area contributed by atoms with Gasteiger partial charge in [-0.1, -0.05) is 41.4 Å². The Labute approximate surface area is 224 Å². The van der Waals surface area contributed by atoms with Gasteiger partial charge in [-0.05, 0) is 74.7 Å². The van der Waals surface area contributed by atoms with E-state index < -0.39 is 22.5 Å². The van der Waals surface area contributed by atoms with Crippen molar-refractivity contribution >= 4 is 38.9 Å². The molecule has 0 bridgehead atoms. The van der Waals surface area contributed by atoms with Gasteiger partial charge in [0.05, 0.1) is 28.8 Å².